The Morgan fingerprint density at radius 3 is 2.50 bits per heavy atom. The molecule has 1 unspecified atom stereocenters. The van der Waals surface area contributed by atoms with Crippen LogP contribution in [0.15, 0.2) is 83.4 Å². The first-order chi connectivity index (χ1) is 15.5. The van der Waals surface area contributed by atoms with Crippen LogP contribution in [-0.2, 0) is 0 Å². The summed E-state index contributed by atoms with van der Waals surface area (Å²) in [6, 6.07) is 20.5. The molecule has 0 aliphatic heterocycles. The van der Waals surface area contributed by atoms with Crippen molar-refractivity contribution in [3.8, 4) is 28.5 Å². The lowest BCUT2D eigenvalue weighted by Gasteiger charge is -2.15. The molecule has 0 radical (unpaired) electrons. The Labute approximate surface area is 185 Å². The van der Waals surface area contributed by atoms with Crippen LogP contribution in [0, 0.1) is 5.82 Å². The molecule has 6 heteroatoms. The van der Waals surface area contributed by atoms with Gasteiger partial charge in [0.25, 0.3) is 5.91 Å². The van der Waals surface area contributed by atoms with E-state index in [1.54, 1.807) is 36.5 Å². The summed E-state index contributed by atoms with van der Waals surface area (Å²) in [6.07, 6.45) is 1.64. The van der Waals surface area contributed by atoms with E-state index in [0.29, 0.717) is 29.4 Å². The maximum atomic E-state index is 13.2. The van der Waals surface area contributed by atoms with Crippen LogP contribution in [0.3, 0.4) is 0 Å². The van der Waals surface area contributed by atoms with Crippen molar-refractivity contribution in [1.82, 2.24) is 10.3 Å². The molecule has 162 valence electrons. The molecule has 4 rings (SSSR count). The smallest absolute Gasteiger partial charge is 0.252 e. The van der Waals surface area contributed by atoms with Gasteiger partial charge < -0.3 is 14.5 Å². The fraction of sp³-hybridized carbons (Fsp3) is 0.154. The number of rotatable bonds is 7. The third-order valence-electron chi connectivity index (χ3n) is 5.08. The summed E-state index contributed by atoms with van der Waals surface area (Å²) in [6.45, 7) is 4.39. The number of hydrogen-bond donors (Lipinski definition) is 1. The zero-order valence-electron chi connectivity index (χ0n) is 17.8. The van der Waals surface area contributed by atoms with E-state index in [-0.39, 0.29) is 17.8 Å². The summed E-state index contributed by atoms with van der Waals surface area (Å²) in [4.78, 5) is 17.4. The van der Waals surface area contributed by atoms with Crippen LogP contribution >= 0.6 is 0 Å². The fourth-order valence-electron chi connectivity index (χ4n) is 3.39. The maximum absolute atomic E-state index is 13.2. The molecule has 1 atom stereocenters. The number of nitrogens with one attached hydrogen (secondary N) is 1. The van der Waals surface area contributed by atoms with Crippen molar-refractivity contribution < 1.29 is 18.3 Å². The van der Waals surface area contributed by atoms with Crippen molar-refractivity contribution in [2.75, 3.05) is 6.61 Å². The van der Waals surface area contributed by atoms with Gasteiger partial charge in [0.05, 0.1) is 24.4 Å². The van der Waals surface area contributed by atoms with Gasteiger partial charge >= 0.3 is 0 Å². The molecule has 0 aliphatic carbocycles. The van der Waals surface area contributed by atoms with Gasteiger partial charge in [0.1, 0.15) is 11.6 Å². The zero-order valence-corrected chi connectivity index (χ0v) is 17.8. The summed E-state index contributed by atoms with van der Waals surface area (Å²) >= 11 is 0. The second-order valence-corrected chi connectivity index (χ2v) is 7.28. The Kier molecular flexibility index (Phi) is 6.31. The number of benzene rings is 3. The van der Waals surface area contributed by atoms with Crippen LogP contribution in [0.2, 0.25) is 0 Å². The first kappa shape index (κ1) is 21.3. The molecule has 32 heavy (non-hydrogen) atoms. The first-order valence-electron chi connectivity index (χ1n) is 10.4. The van der Waals surface area contributed by atoms with Gasteiger partial charge in [-0.1, -0.05) is 24.3 Å². The molecule has 4 aromatic rings. The Morgan fingerprint density at radius 1 is 1.06 bits per heavy atom. The van der Waals surface area contributed by atoms with E-state index in [1.165, 1.54) is 12.1 Å². The van der Waals surface area contributed by atoms with E-state index in [2.05, 4.69) is 10.3 Å². The Hall–Kier alpha value is -3.93. The topological polar surface area (TPSA) is 64.4 Å². The molecule has 5 nitrogen and oxygen atoms in total. The highest BCUT2D eigenvalue weighted by molar-refractivity contribution is 6.00. The molecule has 0 bridgehead atoms. The average molecular weight is 430 g/mol. The molecule has 1 amide bonds. The summed E-state index contributed by atoms with van der Waals surface area (Å²) in [5.74, 6) is 1.16. The number of carbonyl (C=O) groups excluding carboxylic acids is 1. The standard InChI is InChI=1S/C26H23FN2O3/c1-3-31-21-14-10-19(11-15-21)24-16-28-26(32-24)23-7-5-4-6-22(23)25(30)29-17(2)18-8-12-20(27)13-9-18/h4-17H,3H2,1-2H3,(H,29,30). The van der Waals surface area contributed by atoms with Gasteiger partial charge in [-0.2, -0.15) is 0 Å². The van der Waals surface area contributed by atoms with Crippen molar-refractivity contribution in [2.24, 2.45) is 0 Å². The second kappa shape index (κ2) is 9.47. The average Bonchev–Trinajstić information content (AvgIpc) is 3.30. The highest BCUT2D eigenvalue weighted by Gasteiger charge is 2.19. The van der Waals surface area contributed by atoms with E-state index in [4.69, 9.17) is 9.15 Å². The minimum atomic E-state index is -0.315. The number of aromatic nitrogens is 1. The molecule has 1 aromatic heterocycles. The van der Waals surface area contributed by atoms with Gasteiger partial charge in [-0.25, -0.2) is 9.37 Å². The highest BCUT2D eigenvalue weighted by atomic mass is 19.1. The van der Waals surface area contributed by atoms with Gasteiger partial charge in [0.15, 0.2) is 5.76 Å². The van der Waals surface area contributed by atoms with Crippen molar-refractivity contribution in [3.05, 3.63) is 95.9 Å². The lowest BCUT2D eigenvalue weighted by atomic mass is 10.0. The Balaban J connectivity index is 1.56. The van der Waals surface area contributed by atoms with Crippen LogP contribution in [0.1, 0.15) is 35.8 Å². The molecule has 1 heterocycles. The quantitative estimate of drug-likeness (QED) is 0.388. The van der Waals surface area contributed by atoms with E-state index in [1.807, 2.05) is 44.2 Å². The molecule has 0 spiro atoms. The third-order valence-corrected chi connectivity index (χ3v) is 5.08. The molecule has 0 fully saturated rings. The van der Waals surface area contributed by atoms with Gasteiger partial charge in [0, 0.05) is 11.1 Å². The zero-order chi connectivity index (χ0) is 22.5. The summed E-state index contributed by atoms with van der Waals surface area (Å²) in [7, 11) is 0. The lowest BCUT2D eigenvalue weighted by molar-refractivity contribution is 0.0940. The number of halogens is 1. The van der Waals surface area contributed by atoms with Crippen molar-refractivity contribution >= 4 is 5.91 Å². The number of amides is 1. The summed E-state index contributed by atoms with van der Waals surface area (Å²) < 4.78 is 24.6. The van der Waals surface area contributed by atoms with E-state index in [0.717, 1.165) is 16.9 Å². The van der Waals surface area contributed by atoms with Crippen molar-refractivity contribution in [1.29, 1.82) is 0 Å². The number of hydrogen-bond acceptors (Lipinski definition) is 4. The van der Waals surface area contributed by atoms with Gasteiger partial charge in [-0.15, -0.1) is 0 Å². The van der Waals surface area contributed by atoms with Crippen LogP contribution < -0.4 is 10.1 Å². The minimum absolute atomic E-state index is 0.266. The predicted octanol–water partition coefficient (Wildman–Crippen LogP) is 6.04. The Bertz CT molecular complexity index is 1200. The SMILES string of the molecule is CCOc1ccc(-c2cnc(-c3ccccc3C(=O)NC(C)c3ccc(F)cc3)o2)cc1. The predicted molar refractivity (Wildman–Crippen MR) is 121 cm³/mol. The van der Waals surface area contributed by atoms with E-state index < -0.39 is 0 Å². The molecule has 0 saturated carbocycles. The lowest BCUT2D eigenvalue weighted by Crippen LogP contribution is -2.27. The molecule has 1 N–H and O–H groups in total. The van der Waals surface area contributed by atoms with Gasteiger partial charge in [-0.05, 0) is 67.9 Å². The molecular formula is C26H23FN2O3. The number of carbonyl (C=O) groups is 1. The largest absolute Gasteiger partial charge is 0.494 e. The van der Waals surface area contributed by atoms with Gasteiger partial charge in [-0.3, -0.25) is 4.79 Å². The van der Waals surface area contributed by atoms with Crippen LogP contribution in [0.5, 0.6) is 5.75 Å². The van der Waals surface area contributed by atoms with Crippen molar-refractivity contribution in [2.45, 2.75) is 19.9 Å². The van der Waals surface area contributed by atoms with Gasteiger partial charge in [0.2, 0.25) is 5.89 Å². The minimum Gasteiger partial charge on any atom is -0.494 e. The van der Waals surface area contributed by atoms with E-state index in [9.17, 15) is 9.18 Å². The normalized spacial score (nSPS) is 11.7. The second-order valence-electron chi connectivity index (χ2n) is 7.28. The monoisotopic (exact) mass is 430 g/mol. The van der Waals surface area contributed by atoms with Crippen LogP contribution in [0.25, 0.3) is 22.8 Å². The summed E-state index contributed by atoms with van der Waals surface area (Å²) in [5, 5.41) is 2.95. The van der Waals surface area contributed by atoms with Crippen molar-refractivity contribution in [3.63, 3.8) is 0 Å². The molecule has 0 saturated heterocycles. The Morgan fingerprint density at radius 2 is 1.78 bits per heavy atom. The number of oxazole rings is 1. The van der Waals surface area contributed by atoms with E-state index >= 15 is 0 Å². The molecule has 0 aliphatic rings. The number of ether oxygens (including phenoxy) is 1. The third kappa shape index (κ3) is 4.70. The van der Waals surface area contributed by atoms with Crippen LogP contribution in [0.4, 0.5) is 4.39 Å². The first-order valence-corrected chi connectivity index (χ1v) is 10.4. The highest BCUT2D eigenvalue weighted by Crippen LogP contribution is 2.29. The van der Waals surface area contributed by atoms with Crippen LogP contribution in [-0.4, -0.2) is 17.5 Å². The number of nitrogens with zero attached hydrogens (tertiary/aromatic N) is 1. The molecule has 3 aromatic carbocycles. The molecular weight excluding hydrogens is 407 g/mol. The maximum Gasteiger partial charge on any atom is 0.252 e. The summed E-state index contributed by atoms with van der Waals surface area (Å²) in [5.41, 5.74) is 2.71. The fourth-order valence-corrected chi connectivity index (χ4v) is 3.39.